The van der Waals surface area contributed by atoms with Crippen LogP contribution in [0.1, 0.15) is 32.1 Å². The molecule has 1 aliphatic carbocycles. The van der Waals surface area contributed by atoms with Crippen molar-refractivity contribution in [1.29, 1.82) is 0 Å². The smallest absolute Gasteiger partial charge is 0.225 e. The number of carbonyl (C=O) groups is 2. The average molecular weight is 357 g/mol. The summed E-state index contributed by atoms with van der Waals surface area (Å²) >= 11 is 0. The number of amides is 2. The molecule has 0 radical (unpaired) electrons. The second kappa shape index (κ2) is 7.60. The molecule has 0 atom stereocenters. The van der Waals surface area contributed by atoms with Gasteiger partial charge in [-0.15, -0.1) is 0 Å². The van der Waals surface area contributed by atoms with E-state index in [2.05, 4.69) is 14.9 Å². The summed E-state index contributed by atoms with van der Waals surface area (Å²) in [4.78, 5) is 39.9. The van der Waals surface area contributed by atoms with Gasteiger partial charge in [-0.2, -0.15) is 0 Å². The Morgan fingerprint density at radius 3 is 1.85 bits per heavy atom. The fourth-order valence-corrected chi connectivity index (χ4v) is 4.10. The van der Waals surface area contributed by atoms with E-state index in [0.29, 0.717) is 5.91 Å². The summed E-state index contributed by atoms with van der Waals surface area (Å²) in [5.41, 5.74) is 0. The normalized spacial score (nSPS) is 22.2. The Kier molecular flexibility index (Phi) is 5.04. The highest BCUT2D eigenvalue weighted by molar-refractivity contribution is 5.81. The Morgan fingerprint density at radius 2 is 1.31 bits per heavy atom. The number of hydrogen-bond acceptors (Lipinski definition) is 5. The molecule has 1 aromatic heterocycles. The third-order valence-electron chi connectivity index (χ3n) is 6.04. The molecule has 7 heteroatoms. The number of hydrogen-bond donors (Lipinski definition) is 0. The van der Waals surface area contributed by atoms with Crippen molar-refractivity contribution in [2.45, 2.75) is 32.1 Å². The summed E-state index contributed by atoms with van der Waals surface area (Å²) in [6.07, 6.45) is 8.39. The zero-order valence-corrected chi connectivity index (χ0v) is 15.2. The molecule has 2 amide bonds. The molecule has 4 rings (SSSR count). The van der Waals surface area contributed by atoms with Crippen LogP contribution in [0, 0.1) is 11.8 Å². The first-order valence-electron chi connectivity index (χ1n) is 9.82. The van der Waals surface area contributed by atoms with E-state index in [9.17, 15) is 9.59 Å². The molecular weight excluding hydrogens is 330 g/mol. The van der Waals surface area contributed by atoms with E-state index in [4.69, 9.17) is 0 Å². The topological polar surface area (TPSA) is 69.6 Å². The Bertz CT molecular complexity index is 633. The lowest BCUT2D eigenvalue weighted by molar-refractivity contribution is -0.144. The van der Waals surface area contributed by atoms with Gasteiger partial charge in [0.05, 0.1) is 0 Å². The van der Waals surface area contributed by atoms with Crippen LogP contribution in [0.2, 0.25) is 0 Å². The lowest BCUT2D eigenvalue weighted by Crippen LogP contribution is -2.52. The van der Waals surface area contributed by atoms with Crippen LogP contribution in [0.4, 0.5) is 5.95 Å². The number of likely N-dealkylation sites (tertiary alicyclic amines) is 1. The number of piperazine rings is 1. The predicted molar refractivity (Wildman–Crippen MR) is 97.5 cm³/mol. The van der Waals surface area contributed by atoms with Gasteiger partial charge in [0, 0.05) is 63.5 Å². The minimum absolute atomic E-state index is 0.0694. The van der Waals surface area contributed by atoms with Crippen LogP contribution < -0.4 is 4.90 Å². The molecule has 1 saturated carbocycles. The van der Waals surface area contributed by atoms with Crippen LogP contribution >= 0.6 is 0 Å². The Hall–Kier alpha value is -2.18. The van der Waals surface area contributed by atoms with Crippen molar-refractivity contribution in [1.82, 2.24) is 19.8 Å². The number of carbonyl (C=O) groups excluding carboxylic acids is 2. The zero-order valence-electron chi connectivity index (χ0n) is 15.2. The van der Waals surface area contributed by atoms with E-state index in [-0.39, 0.29) is 17.7 Å². The van der Waals surface area contributed by atoms with Crippen LogP contribution in [0.3, 0.4) is 0 Å². The molecule has 0 aromatic carbocycles. The predicted octanol–water partition coefficient (Wildman–Crippen LogP) is 1.16. The van der Waals surface area contributed by atoms with Gasteiger partial charge >= 0.3 is 0 Å². The molecule has 0 bridgehead atoms. The molecule has 0 unspecified atom stereocenters. The highest BCUT2D eigenvalue weighted by Gasteiger charge is 2.35. The van der Waals surface area contributed by atoms with E-state index in [1.807, 2.05) is 15.9 Å². The fourth-order valence-electron chi connectivity index (χ4n) is 4.10. The maximum atomic E-state index is 12.8. The van der Waals surface area contributed by atoms with E-state index in [0.717, 1.165) is 70.9 Å². The van der Waals surface area contributed by atoms with Crippen LogP contribution in [0.5, 0.6) is 0 Å². The SMILES string of the molecule is O=C(C1CCC1)N1CCC(C(=O)N2CCN(c3ncccn3)CC2)CC1. The van der Waals surface area contributed by atoms with Crippen molar-refractivity contribution in [3.63, 3.8) is 0 Å². The van der Waals surface area contributed by atoms with Crippen molar-refractivity contribution in [3.8, 4) is 0 Å². The van der Waals surface area contributed by atoms with Gasteiger partial charge in [-0.25, -0.2) is 9.97 Å². The molecule has 3 fully saturated rings. The quantitative estimate of drug-likeness (QED) is 0.812. The summed E-state index contributed by atoms with van der Waals surface area (Å²) in [6.45, 7) is 4.47. The highest BCUT2D eigenvalue weighted by atomic mass is 16.2. The van der Waals surface area contributed by atoms with E-state index in [1.165, 1.54) is 6.42 Å². The second-order valence-corrected chi connectivity index (χ2v) is 7.59. The summed E-state index contributed by atoms with van der Waals surface area (Å²) < 4.78 is 0. The molecule has 3 heterocycles. The number of aromatic nitrogens is 2. The van der Waals surface area contributed by atoms with Gasteiger partial charge in [-0.05, 0) is 31.7 Å². The summed E-state index contributed by atoms with van der Waals surface area (Å²) in [5, 5.41) is 0. The third kappa shape index (κ3) is 3.52. The third-order valence-corrected chi connectivity index (χ3v) is 6.04. The summed E-state index contributed by atoms with van der Waals surface area (Å²) in [6, 6.07) is 1.81. The first-order valence-corrected chi connectivity index (χ1v) is 9.82. The Balaban J connectivity index is 1.25. The van der Waals surface area contributed by atoms with Gasteiger partial charge in [0.15, 0.2) is 0 Å². The summed E-state index contributed by atoms with van der Waals surface area (Å²) in [7, 11) is 0. The number of nitrogens with zero attached hydrogens (tertiary/aromatic N) is 5. The maximum absolute atomic E-state index is 12.8. The van der Waals surface area contributed by atoms with E-state index < -0.39 is 0 Å². The molecule has 1 aromatic rings. The standard InChI is InChI=1S/C19H27N5O2/c25-17(15-3-1-4-15)22-9-5-16(6-10-22)18(26)23-11-13-24(14-12-23)19-20-7-2-8-21-19/h2,7-8,15-16H,1,3-6,9-14H2. The molecule has 7 nitrogen and oxygen atoms in total. The molecule has 2 aliphatic heterocycles. The van der Waals surface area contributed by atoms with Crippen molar-refractivity contribution in [3.05, 3.63) is 18.5 Å². The molecular formula is C19H27N5O2. The number of rotatable bonds is 3. The van der Waals surface area contributed by atoms with Gasteiger partial charge < -0.3 is 14.7 Å². The summed E-state index contributed by atoms with van der Waals surface area (Å²) in [5.74, 6) is 1.64. The fraction of sp³-hybridized carbons (Fsp3) is 0.684. The Labute approximate surface area is 154 Å². The van der Waals surface area contributed by atoms with Crippen molar-refractivity contribution >= 4 is 17.8 Å². The number of piperidine rings is 1. The van der Waals surface area contributed by atoms with E-state index in [1.54, 1.807) is 12.4 Å². The average Bonchev–Trinajstić information content (AvgIpc) is 2.67. The van der Waals surface area contributed by atoms with E-state index >= 15 is 0 Å². The van der Waals surface area contributed by atoms with Gasteiger partial charge in [0.2, 0.25) is 17.8 Å². The van der Waals surface area contributed by atoms with Crippen molar-refractivity contribution < 1.29 is 9.59 Å². The zero-order chi connectivity index (χ0) is 17.9. The van der Waals surface area contributed by atoms with Crippen molar-refractivity contribution in [2.24, 2.45) is 11.8 Å². The van der Waals surface area contributed by atoms with Crippen LogP contribution in [-0.2, 0) is 9.59 Å². The van der Waals surface area contributed by atoms with Crippen LogP contribution in [0.15, 0.2) is 18.5 Å². The maximum Gasteiger partial charge on any atom is 0.225 e. The van der Waals surface area contributed by atoms with Crippen molar-refractivity contribution in [2.75, 3.05) is 44.2 Å². The first kappa shape index (κ1) is 17.2. The monoisotopic (exact) mass is 357 g/mol. The minimum Gasteiger partial charge on any atom is -0.342 e. The lowest BCUT2D eigenvalue weighted by atomic mass is 9.83. The molecule has 0 spiro atoms. The van der Waals surface area contributed by atoms with Crippen LogP contribution in [0.25, 0.3) is 0 Å². The molecule has 140 valence electrons. The Morgan fingerprint density at radius 1 is 0.769 bits per heavy atom. The van der Waals surface area contributed by atoms with Gasteiger partial charge in [0.1, 0.15) is 0 Å². The second-order valence-electron chi connectivity index (χ2n) is 7.59. The minimum atomic E-state index is 0.0694. The molecule has 26 heavy (non-hydrogen) atoms. The first-order chi connectivity index (χ1) is 12.7. The molecule has 0 N–H and O–H groups in total. The van der Waals surface area contributed by atoms with Gasteiger partial charge in [0.25, 0.3) is 0 Å². The van der Waals surface area contributed by atoms with Gasteiger partial charge in [-0.3, -0.25) is 9.59 Å². The lowest BCUT2D eigenvalue weighted by Gasteiger charge is -2.39. The highest BCUT2D eigenvalue weighted by Crippen LogP contribution is 2.30. The largest absolute Gasteiger partial charge is 0.342 e. The molecule has 2 saturated heterocycles. The van der Waals surface area contributed by atoms with Gasteiger partial charge in [-0.1, -0.05) is 6.42 Å². The molecule has 3 aliphatic rings. The number of anilines is 1. The van der Waals surface area contributed by atoms with Crippen LogP contribution in [-0.4, -0.2) is 70.9 Å².